The second-order valence-corrected chi connectivity index (χ2v) is 6.79. The summed E-state index contributed by atoms with van der Waals surface area (Å²) in [4.78, 5) is 14.0. The molecule has 5 heteroatoms. The SMILES string of the molecule is CCN(CC)C(C)(C)C(=O)CCS(C)(=O)=O. The van der Waals surface area contributed by atoms with Gasteiger partial charge in [0.15, 0.2) is 5.78 Å². The first-order valence-electron chi connectivity index (χ1n) is 5.61. The molecule has 96 valence electrons. The van der Waals surface area contributed by atoms with Crippen LogP contribution in [0.5, 0.6) is 0 Å². The Kier molecular flexibility index (Phi) is 5.62. The number of ketones is 1. The Morgan fingerprint density at radius 3 is 1.94 bits per heavy atom. The summed E-state index contributed by atoms with van der Waals surface area (Å²) in [6.07, 6.45) is 1.26. The topological polar surface area (TPSA) is 54.5 Å². The number of sulfone groups is 1. The molecule has 0 radical (unpaired) electrons. The van der Waals surface area contributed by atoms with Crippen LogP contribution in [0.1, 0.15) is 34.1 Å². The lowest BCUT2D eigenvalue weighted by molar-refractivity contribution is -0.128. The minimum atomic E-state index is -3.06. The van der Waals surface area contributed by atoms with Crippen LogP contribution < -0.4 is 0 Å². The van der Waals surface area contributed by atoms with Crippen LogP contribution in [0.25, 0.3) is 0 Å². The number of carbonyl (C=O) groups excluding carboxylic acids is 1. The van der Waals surface area contributed by atoms with Crippen molar-refractivity contribution in [1.29, 1.82) is 0 Å². The van der Waals surface area contributed by atoms with Gasteiger partial charge in [0.1, 0.15) is 9.84 Å². The highest BCUT2D eigenvalue weighted by Gasteiger charge is 2.32. The number of carbonyl (C=O) groups is 1. The fraction of sp³-hybridized carbons (Fsp3) is 0.909. The van der Waals surface area contributed by atoms with Crippen molar-refractivity contribution >= 4 is 15.6 Å². The maximum Gasteiger partial charge on any atom is 0.153 e. The van der Waals surface area contributed by atoms with Crippen LogP contribution in [0.3, 0.4) is 0 Å². The van der Waals surface area contributed by atoms with Crippen molar-refractivity contribution in [3.8, 4) is 0 Å². The third-order valence-electron chi connectivity index (χ3n) is 2.94. The van der Waals surface area contributed by atoms with Crippen molar-refractivity contribution in [3.63, 3.8) is 0 Å². The van der Waals surface area contributed by atoms with E-state index in [-0.39, 0.29) is 18.0 Å². The largest absolute Gasteiger partial charge is 0.298 e. The van der Waals surface area contributed by atoms with Crippen molar-refractivity contribution in [2.24, 2.45) is 0 Å². The number of likely N-dealkylation sites (N-methyl/N-ethyl adjacent to an activating group) is 1. The molecule has 0 saturated carbocycles. The average molecular weight is 249 g/mol. The van der Waals surface area contributed by atoms with Crippen LogP contribution in [0.15, 0.2) is 0 Å². The van der Waals surface area contributed by atoms with E-state index >= 15 is 0 Å². The predicted octanol–water partition coefficient (Wildman–Crippen LogP) is 1.11. The minimum Gasteiger partial charge on any atom is -0.298 e. The van der Waals surface area contributed by atoms with E-state index in [1.54, 1.807) is 0 Å². The molecule has 0 rings (SSSR count). The van der Waals surface area contributed by atoms with Crippen LogP contribution in [0.2, 0.25) is 0 Å². The molecule has 0 aromatic heterocycles. The van der Waals surface area contributed by atoms with Crippen molar-refractivity contribution in [1.82, 2.24) is 4.90 Å². The molecule has 0 spiro atoms. The van der Waals surface area contributed by atoms with Gasteiger partial charge in [-0.25, -0.2) is 8.42 Å². The van der Waals surface area contributed by atoms with Gasteiger partial charge >= 0.3 is 0 Å². The van der Waals surface area contributed by atoms with Gasteiger partial charge in [-0.2, -0.15) is 0 Å². The molecule has 0 bridgehead atoms. The summed E-state index contributed by atoms with van der Waals surface area (Å²) in [7, 11) is -3.06. The molecule has 0 aliphatic heterocycles. The molecule has 0 amide bonds. The van der Waals surface area contributed by atoms with Crippen LogP contribution in [-0.2, 0) is 14.6 Å². The van der Waals surface area contributed by atoms with Crippen LogP contribution >= 0.6 is 0 Å². The average Bonchev–Trinajstić information content (AvgIpc) is 2.14. The smallest absolute Gasteiger partial charge is 0.153 e. The van der Waals surface area contributed by atoms with Crippen molar-refractivity contribution in [3.05, 3.63) is 0 Å². The lowest BCUT2D eigenvalue weighted by Crippen LogP contribution is -2.50. The molecule has 0 heterocycles. The lowest BCUT2D eigenvalue weighted by Gasteiger charge is -2.35. The summed E-state index contributed by atoms with van der Waals surface area (Å²) < 4.78 is 22.0. The van der Waals surface area contributed by atoms with E-state index in [9.17, 15) is 13.2 Å². The van der Waals surface area contributed by atoms with E-state index in [1.165, 1.54) is 0 Å². The molecule has 0 aliphatic rings. The highest BCUT2D eigenvalue weighted by atomic mass is 32.2. The molecule has 0 atom stereocenters. The third kappa shape index (κ3) is 4.61. The molecule has 0 saturated heterocycles. The van der Waals surface area contributed by atoms with E-state index in [0.29, 0.717) is 0 Å². The van der Waals surface area contributed by atoms with E-state index in [1.807, 2.05) is 32.6 Å². The first-order chi connectivity index (χ1) is 7.15. The number of Topliss-reactive ketones (excluding diaryl/α,β-unsaturated/α-hetero) is 1. The molecule has 0 aromatic carbocycles. The zero-order valence-corrected chi connectivity index (χ0v) is 11.7. The maximum absolute atomic E-state index is 12.0. The van der Waals surface area contributed by atoms with Gasteiger partial charge in [-0.15, -0.1) is 0 Å². The minimum absolute atomic E-state index is 0.0124. The Morgan fingerprint density at radius 1 is 1.19 bits per heavy atom. The predicted molar refractivity (Wildman–Crippen MR) is 66.3 cm³/mol. The molecular weight excluding hydrogens is 226 g/mol. The van der Waals surface area contributed by atoms with Gasteiger partial charge < -0.3 is 0 Å². The van der Waals surface area contributed by atoms with Crippen molar-refractivity contribution in [2.45, 2.75) is 39.7 Å². The number of nitrogens with zero attached hydrogens (tertiary/aromatic N) is 1. The molecule has 0 unspecified atom stereocenters. The molecule has 0 aliphatic carbocycles. The lowest BCUT2D eigenvalue weighted by atomic mass is 9.95. The normalized spacial score (nSPS) is 13.1. The van der Waals surface area contributed by atoms with Gasteiger partial charge in [-0.05, 0) is 26.9 Å². The van der Waals surface area contributed by atoms with E-state index < -0.39 is 15.4 Å². The highest BCUT2D eigenvalue weighted by Crippen LogP contribution is 2.17. The zero-order valence-electron chi connectivity index (χ0n) is 10.9. The maximum atomic E-state index is 12.0. The summed E-state index contributed by atoms with van der Waals surface area (Å²) >= 11 is 0. The Balaban J connectivity index is 4.58. The summed E-state index contributed by atoms with van der Waals surface area (Å²) in [6, 6.07) is 0. The van der Waals surface area contributed by atoms with Gasteiger partial charge in [-0.3, -0.25) is 9.69 Å². The van der Waals surface area contributed by atoms with Crippen LogP contribution in [0.4, 0.5) is 0 Å². The van der Waals surface area contributed by atoms with E-state index in [0.717, 1.165) is 19.3 Å². The molecule has 0 fully saturated rings. The van der Waals surface area contributed by atoms with Gasteiger partial charge in [0, 0.05) is 12.7 Å². The Hall–Kier alpha value is -0.420. The summed E-state index contributed by atoms with van der Waals surface area (Å²) in [6.45, 7) is 9.27. The second-order valence-electron chi connectivity index (χ2n) is 4.53. The molecule has 0 aromatic rings. The Morgan fingerprint density at radius 2 is 1.62 bits per heavy atom. The van der Waals surface area contributed by atoms with Gasteiger partial charge in [-0.1, -0.05) is 13.8 Å². The molecule has 4 nitrogen and oxygen atoms in total. The summed E-state index contributed by atoms with van der Waals surface area (Å²) in [5.41, 5.74) is -0.575. The standard InChI is InChI=1S/C11H23NO3S/c1-6-12(7-2)11(3,4)10(13)8-9-16(5,14)15/h6-9H2,1-5H3. The monoisotopic (exact) mass is 249 g/mol. The Labute approximate surface area is 98.9 Å². The van der Waals surface area contributed by atoms with Crippen molar-refractivity contribution < 1.29 is 13.2 Å². The zero-order chi connectivity index (χ0) is 13.0. The molecule has 16 heavy (non-hydrogen) atoms. The fourth-order valence-corrected chi connectivity index (χ4v) is 2.33. The van der Waals surface area contributed by atoms with Crippen LogP contribution in [0, 0.1) is 0 Å². The first-order valence-corrected chi connectivity index (χ1v) is 7.67. The summed E-state index contributed by atoms with van der Waals surface area (Å²) in [5.74, 6) is -0.0714. The second kappa shape index (κ2) is 5.77. The first kappa shape index (κ1) is 15.6. The van der Waals surface area contributed by atoms with Gasteiger partial charge in [0.2, 0.25) is 0 Å². The highest BCUT2D eigenvalue weighted by molar-refractivity contribution is 7.90. The number of rotatable bonds is 7. The van der Waals surface area contributed by atoms with Crippen LogP contribution in [-0.4, -0.2) is 49.7 Å². The molecule has 0 N–H and O–H groups in total. The van der Waals surface area contributed by atoms with E-state index in [2.05, 4.69) is 0 Å². The quantitative estimate of drug-likeness (QED) is 0.678. The third-order valence-corrected chi connectivity index (χ3v) is 3.88. The van der Waals surface area contributed by atoms with Gasteiger partial charge in [0.05, 0.1) is 11.3 Å². The van der Waals surface area contributed by atoms with E-state index in [4.69, 9.17) is 0 Å². The number of hydrogen-bond acceptors (Lipinski definition) is 4. The van der Waals surface area contributed by atoms with Crippen molar-refractivity contribution in [2.75, 3.05) is 25.1 Å². The fourth-order valence-electron chi connectivity index (χ4n) is 1.77. The molecular formula is C11H23NO3S. The number of hydrogen-bond donors (Lipinski definition) is 0. The van der Waals surface area contributed by atoms with Gasteiger partial charge in [0.25, 0.3) is 0 Å². The summed E-state index contributed by atoms with van der Waals surface area (Å²) in [5, 5.41) is 0. The Bertz CT molecular complexity index is 329.